The molecule has 3 aliphatic rings. The van der Waals surface area contributed by atoms with Crippen molar-refractivity contribution in [3.05, 3.63) is 70.5 Å². The first-order valence-corrected chi connectivity index (χ1v) is 12.3. The van der Waals surface area contributed by atoms with Gasteiger partial charge >= 0.3 is 5.97 Å². The number of fused-ring (bicyclic) bond motifs is 2. The molecule has 2 heterocycles. The highest BCUT2D eigenvalue weighted by atomic mass is 16.5. The quantitative estimate of drug-likeness (QED) is 0.505. The lowest BCUT2D eigenvalue weighted by Gasteiger charge is -2.31. The standard InChI is InChI=1S/C28H28N2O5/c1-15-4-3-5-16(2)24(15)25-22(26(35-29-25)17-6-7-17)14-34-23-13-20-12-21(23)27(31)30(20)19-10-8-18(9-11-19)28(32)33/h3-5,8-11,17,20-21,23H,6-7,12-14H2,1-2H3,(H,32,33)/t20-,21+,23+/m0/s1. The summed E-state index contributed by atoms with van der Waals surface area (Å²) < 4.78 is 12.3. The van der Waals surface area contributed by atoms with Crippen molar-refractivity contribution in [1.29, 1.82) is 0 Å². The van der Waals surface area contributed by atoms with E-state index in [1.807, 2.05) is 11.0 Å². The molecule has 35 heavy (non-hydrogen) atoms. The van der Waals surface area contributed by atoms with Gasteiger partial charge in [0.2, 0.25) is 5.91 Å². The van der Waals surface area contributed by atoms with Gasteiger partial charge in [-0.05, 0) is 74.9 Å². The topological polar surface area (TPSA) is 92.9 Å². The molecule has 2 aromatic carbocycles. The highest BCUT2D eigenvalue weighted by Crippen LogP contribution is 2.47. The van der Waals surface area contributed by atoms with Crippen molar-refractivity contribution in [2.75, 3.05) is 4.90 Å². The number of nitrogens with zero attached hydrogens (tertiary/aromatic N) is 2. The molecule has 180 valence electrons. The predicted octanol–water partition coefficient (Wildman–Crippen LogP) is 5.24. The molecule has 3 fully saturated rings. The average molecular weight is 473 g/mol. The molecule has 3 atom stereocenters. The summed E-state index contributed by atoms with van der Waals surface area (Å²) in [6.07, 6.45) is 3.59. The number of amides is 1. The van der Waals surface area contributed by atoms with E-state index in [2.05, 4.69) is 31.1 Å². The number of carbonyl (C=O) groups excluding carboxylic acids is 1. The number of aromatic nitrogens is 1. The molecule has 2 saturated carbocycles. The molecule has 2 bridgehead atoms. The fourth-order valence-corrected chi connectivity index (χ4v) is 5.79. The van der Waals surface area contributed by atoms with Crippen LogP contribution in [0.3, 0.4) is 0 Å². The molecule has 1 aliphatic heterocycles. The van der Waals surface area contributed by atoms with Crippen molar-refractivity contribution in [2.45, 2.75) is 64.2 Å². The number of rotatable bonds is 7. The first-order chi connectivity index (χ1) is 16.9. The first-order valence-electron chi connectivity index (χ1n) is 12.3. The third kappa shape index (κ3) is 3.74. The lowest BCUT2D eigenvalue weighted by Crippen LogP contribution is -2.43. The van der Waals surface area contributed by atoms with Crippen LogP contribution in [0.5, 0.6) is 0 Å². The summed E-state index contributed by atoms with van der Waals surface area (Å²) in [7, 11) is 0. The Labute approximate surface area is 203 Å². The molecule has 2 aliphatic carbocycles. The van der Waals surface area contributed by atoms with Gasteiger partial charge in [0, 0.05) is 28.8 Å². The Morgan fingerprint density at radius 2 is 1.83 bits per heavy atom. The van der Waals surface area contributed by atoms with Crippen LogP contribution in [0.2, 0.25) is 0 Å². The van der Waals surface area contributed by atoms with Gasteiger partial charge in [-0.25, -0.2) is 4.79 Å². The summed E-state index contributed by atoms with van der Waals surface area (Å²) in [6, 6.07) is 12.8. The minimum absolute atomic E-state index is 0.0528. The molecular formula is C28H28N2O5. The van der Waals surface area contributed by atoms with Crippen molar-refractivity contribution in [3.8, 4) is 11.3 Å². The van der Waals surface area contributed by atoms with E-state index in [1.54, 1.807) is 24.3 Å². The Morgan fingerprint density at radius 3 is 2.46 bits per heavy atom. The number of benzene rings is 2. The van der Waals surface area contributed by atoms with Crippen molar-refractivity contribution >= 4 is 17.6 Å². The number of anilines is 1. The van der Waals surface area contributed by atoms with E-state index in [9.17, 15) is 9.59 Å². The Kier molecular flexibility index (Phi) is 5.25. The van der Waals surface area contributed by atoms with Gasteiger partial charge in [0.05, 0.1) is 24.2 Å². The maximum Gasteiger partial charge on any atom is 0.335 e. The van der Waals surface area contributed by atoms with Gasteiger partial charge in [0.15, 0.2) is 0 Å². The summed E-state index contributed by atoms with van der Waals surface area (Å²) in [5, 5.41) is 13.6. The van der Waals surface area contributed by atoms with Crippen LogP contribution >= 0.6 is 0 Å². The van der Waals surface area contributed by atoms with E-state index < -0.39 is 5.97 Å². The Hall–Kier alpha value is -3.45. The second kappa shape index (κ2) is 8.34. The predicted molar refractivity (Wildman–Crippen MR) is 129 cm³/mol. The summed E-state index contributed by atoms with van der Waals surface area (Å²) in [4.78, 5) is 26.2. The third-order valence-electron chi connectivity index (χ3n) is 7.72. The minimum Gasteiger partial charge on any atom is -0.478 e. The number of carboxylic acid groups (broad SMARTS) is 1. The lowest BCUT2D eigenvalue weighted by atomic mass is 9.96. The van der Waals surface area contributed by atoms with E-state index >= 15 is 0 Å². The van der Waals surface area contributed by atoms with Gasteiger partial charge in [-0.3, -0.25) is 4.79 Å². The normalized spacial score (nSPS) is 23.3. The van der Waals surface area contributed by atoms with Crippen molar-refractivity contribution in [3.63, 3.8) is 0 Å². The molecule has 6 rings (SSSR count). The van der Waals surface area contributed by atoms with E-state index in [0.717, 1.165) is 65.1 Å². The molecular weight excluding hydrogens is 444 g/mol. The average Bonchev–Trinajstić information content (AvgIpc) is 3.34. The molecule has 0 radical (unpaired) electrons. The smallest absolute Gasteiger partial charge is 0.335 e. The Morgan fingerprint density at radius 1 is 1.11 bits per heavy atom. The molecule has 1 saturated heterocycles. The Balaban J connectivity index is 1.21. The van der Waals surface area contributed by atoms with Crippen LogP contribution in [-0.2, 0) is 16.1 Å². The highest BCUT2D eigenvalue weighted by Gasteiger charge is 2.52. The van der Waals surface area contributed by atoms with Crippen LogP contribution in [0, 0.1) is 19.8 Å². The molecule has 3 aromatic rings. The lowest BCUT2D eigenvalue weighted by molar-refractivity contribution is -0.126. The second-order valence-corrected chi connectivity index (χ2v) is 10.1. The van der Waals surface area contributed by atoms with Gasteiger partial charge < -0.3 is 19.3 Å². The van der Waals surface area contributed by atoms with E-state index in [0.29, 0.717) is 12.5 Å². The van der Waals surface area contributed by atoms with Crippen LogP contribution in [0.25, 0.3) is 11.3 Å². The maximum absolute atomic E-state index is 13.2. The van der Waals surface area contributed by atoms with Gasteiger partial charge in [-0.1, -0.05) is 23.4 Å². The molecule has 1 amide bonds. The number of hydrogen-bond acceptors (Lipinski definition) is 5. The number of carboxylic acids is 1. The largest absolute Gasteiger partial charge is 0.478 e. The summed E-state index contributed by atoms with van der Waals surface area (Å²) in [5.74, 6) is 0.227. The van der Waals surface area contributed by atoms with Gasteiger partial charge in [0.25, 0.3) is 0 Å². The summed E-state index contributed by atoms with van der Waals surface area (Å²) >= 11 is 0. The van der Waals surface area contributed by atoms with Crippen molar-refractivity contribution in [1.82, 2.24) is 5.16 Å². The number of carbonyl (C=O) groups is 2. The highest BCUT2D eigenvalue weighted by molar-refractivity contribution is 6.00. The van der Waals surface area contributed by atoms with Gasteiger partial charge in [-0.15, -0.1) is 0 Å². The fourth-order valence-electron chi connectivity index (χ4n) is 5.79. The number of ether oxygens (including phenoxy) is 1. The van der Waals surface area contributed by atoms with Gasteiger partial charge in [-0.2, -0.15) is 0 Å². The van der Waals surface area contributed by atoms with E-state index in [4.69, 9.17) is 14.4 Å². The van der Waals surface area contributed by atoms with Crippen molar-refractivity contribution in [2.24, 2.45) is 5.92 Å². The van der Waals surface area contributed by atoms with Crippen LogP contribution in [0.15, 0.2) is 47.0 Å². The number of aryl methyl sites for hydroxylation is 2. The Bertz CT molecular complexity index is 1290. The summed E-state index contributed by atoms with van der Waals surface area (Å²) in [5.41, 5.74) is 6.24. The maximum atomic E-state index is 13.2. The number of piperidine rings is 1. The molecule has 7 nitrogen and oxygen atoms in total. The van der Waals surface area contributed by atoms with Crippen LogP contribution < -0.4 is 4.90 Å². The summed E-state index contributed by atoms with van der Waals surface area (Å²) in [6.45, 7) is 4.56. The van der Waals surface area contributed by atoms with Crippen molar-refractivity contribution < 1.29 is 24.0 Å². The molecule has 0 unspecified atom stereocenters. The third-order valence-corrected chi connectivity index (χ3v) is 7.72. The fraction of sp³-hybridized carbons (Fsp3) is 0.393. The van der Waals surface area contributed by atoms with Crippen LogP contribution in [0.1, 0.15) is 64.4 Å². The molecule has 7 heteroatoms. The van der Waals surface area contributed by atoms with Crippen LogP contribution in [-0.4, -0.2) is 34.3 Å². The monoisotopic (exact) mass is 472 g/mol. The molecule has 1 N–H and O–H groups in total. The van der Waals surface area contributed by atoms with Gasteiger partial charge in [0.1, 0.15) is 11.5 Å². The van der Waals surface area contributed by atoms with E-state index in [1.165, 1.54) is 0 Å². The van der Waals surface area contributed by atoms with E-state index in [-0.39, 0.29) is 29.5 Å². The number of aromatic carboxylic acids is 1. The SMILES string of the molecule is Cc1cccc(C)c1-c1noc(C2CC2)c1CO[C@@H]1C[C@@H]2C[C@H]1C(=O)N2c1ccc(C(=O)O)cc1. The minimum atomic E-state index is -0.973. The molecule has 0 spiro atoms. The second-order valence-electron chi connectivity index (χ2n) is 10.1. The first kappa shape index (κ1) is 22.0. The number of hydrogen-bond donors (Lipinski definition) is 1. The van der Waals surface area contributed by atoms with Crippen LogP contribution in [0.4, 0.5) is 5.69 Å². The molecule has 1 aromatic heterocycles. The zero-order valence-corrected chi connectivity index (χ0v) is 19.9. The zero-order valence-electron chi connectivity index (χ0n) is 19.9. The zero-order chi connectivity index (χ0) is 24.3.